The molecule has 0 radical (unpaired) electrons. The summed E-state index contributed by atoms with van der Waals surface area (Å²) in [5.74, 6) is 1.95. The summed E-state index contributed by atoms with van der Waals surface area (Å²) in [5, 5.41) is 12.6. The minimum Gasteiger partial charge on any atom is -0.497 e. The van der Waals surface area contributed by atoms with Gasteiger partial charge in [-0.3, -0.25) is 10.1 Å². The van der Waals surface area contributed by atoms with E-state index in [2.05, 4.69) is 34.5 Å². The Morgan fingerprint density at radius 3 is 2.43 bits per heavy atom. The van der Waals surface area contributed by atoms with Gasteiger partial charge in [0.15, 0.2) is 0 Å². The summed E-state index contributed by atoms with van der Waals surface area (Å²) in [5.41, 5.74) is 1.68. The highest BCUT2D eigenvalue weighted by molar-refractivity contribution is 5.80. The number of nitrogens with one attached hydrogen (secondary N) is 1. The van der Waals surface area contributed by atoms with Crippen LogP contribution in [0.5, 0.6) is 5.75 Å². The second-order valence-corrected chi connectivity index (χ2v) is 9.40. The van der Waals surface area contributed by atoms with Gasteiger partial charge in [-0.1, -0.05) is 12.1 Å². The summed E-state index contributed by atoms with van der Waals surface area (Å²) in [7, 11) is 1.70. The number of nitrogens with zero attached hydrogens (tertiary/aromatic N) is 1. The van der Waals surface area contributed by atoms with Gasteiger partial charge in [0, 0.05) is 24.5 Å². The lowest BCUT2D eigenvalue weighted by Crippen LogP contribution is -2.59. The number of rotatable bonds is 3. The smallest absolute Gasteiger partial charge is 0.225 e. The van der Waals surface area contributed by atoms with Gasteiger partial charge in [-0.15, -0.1) is 0 Å². The molecule has 2 aliphatic heterocycles. The lowest BCUT2D eigenvalue weighted by atomic mass is 9.56. The lowest BCUT2D eigenvalue weighted by molar-refractivity contribution is -0.144. The van der Waals surface area contributed by atoms with Gasteiger partial charge in [-0.2, -0.15) is 0 Å². The molecule has 2 saturated heterocycles. The Labute approximate surface area is 166 Å². The number of hydrogen-bond donors (Lipinski definition) is 2. The summed E-state index contributed by atoms with van der Waals surface area (Å²) in [6.07, 6.45) is 5.43. The van der Waals surface area contributed by atoms with Crippen LogP contribution in [0.25, 0.3) is 0 Å². The predicted octanol–water partition coefficient (Wildman–Crippen LogP) is 2.23. The third-order valence-corrected chi connectivity index (χ3v) is 7.65. The number of aliphatic hydroxyl groups is 1. The fourth-order valence-electron chi connectivity index (χ4n) is 5.84. The number of carbonyl (C=O) groups excluding carboxylic acids is 1. The molecule has 6 heteroatoms. The first-order chi connectivity index (χ1) is 13.5. The molecule has 5 rings (SSSR count). The Morgan fingerprint density at radius 1 is 1.18 bits per heavy atom. The summed E-state index contributed by atoms with van der Waals surface area (Å²) in [6, 6.07) is 8.49. The number of likely N-dealkylation sites (tertiary alicyclic amines) is 1. The Morgan fingerprint density at radius 2 is 1.86 bits per heavy atom. The zero-order valence-corrected chi connectivity index (χ0v) is 16.5. The fraction of sp³-hybridized carbons (Fsp3) is 0.682. The van der Waals surface area contributed by atoms with Gasteiger partial charge >= 0.3 is 0 Å². The highest BCUT2D eigenvalue weighted by atomic mass is 16.6. The summed E-state index contributed by atoms with van der Waals surface area (Å²) in [4.78, 5) is 14.9. The first kappa shape index (κ1) is 18.4. The third kappa shape index (κ3) is 3.11. The average Bonchev–Trinajstić information content (AvgIpc) is 3.07. The van der Waals surface area contributed by atoms with Crippen LogP contribution in [-0.2, 0) is 9.53 Å². The number of aliphatic hydroxyl groups excluding tert-OH is 1. The SMILES string of the molecule is COc1ccc(C2CC3(CCN(C(=O)C4CC5(COC(O)N5)C4)CC3)C2)cc1. The van der Waals surface area contributed by atoms with Crippen molar-refractivity contribution < 1.29 is 19.4 Å². The molecular weight excluding hydrogens is 356 g/mol. The van der Waals surface area contributed by atoms with Gasteiger partial charge in [-0.05, 0) is 67.6 Å². The summed E-state index contributed by atoms with van der Waals surface area (Å²) in [6.45, 7) is 2.29. The van der Waals surface area contributed by atoms with Gasteiger partial charge in [0.05, 0.1) is 13.7 Å². The van der Waals surface area contributed by atoms with Crippen LogP contribution < -0.4 is 10.1 Å². The molecule has 1 unspecified atom stereocenters. The molecule has 2 aliphatic carbocycles. The molecule has 2 saturated carbocycles. The Kier molecular flexibility index (Phi) is 4.41. The maximum absolute atomic E-state index is 12.8. The molecule has 1 aromatic carbocycles. The molecule has 2 N–H and O–H groups in total. The van der Waals surface area contributed by atoms with Crippen LogP contribution in [0.2, 0.25) is 0 Å². The highest BCUT2D eigenvalue weighted by Gasteiger charge is 2.53. The summed E-state index contributed by atoms with van der Waals surface area (Å²) < 4.78 is 10.5. The van der Waals surface area contributed by atoms with Crippen molar-refractivity contribution in [3.63, 3.8) is 0 Å². The lowest BCUT2D eigenvalue weighted by Gasteiger charge is -2.53. The van der Waals surface area contributed by atoms with Gasteiger partial charge in [0.1, 0.15) is 5.75 Å². The van der Waals surface area contributed by atoms with E-state index in [0.29, 0.717) is 23.8 Å². The zero-order valence-electron chi connectivity index (χ0n) is 16.5. The van der Waals surface area contributed by atoms with Crippen LogP contribution >= 0.6 is 0 Å². The maximum atomic E-state index is 12.8. The van der Waals surface area contributed by atoms with Gasteiger partial charge in [0.25, 0.3) is 0 Å². The van der Waals surface area contributed by atoms with Crippen LogP contribution in [-0.4, -0.2) is 54.7 Å². The van der Waals surface area contributed by atoms with Crippen LogP contribution in [0.1, 0.15) is 50.0 Å². The van der Waals surface area contributed by atoms with Crippen LogP contribution in [0.3, 0.4) is 0 Å². The Bertz CT molecular complexity index is 727. The number of amides is 1. The van der Waals surface area contributed by atoms with Crippen LogP contribution in [0.4, 0.5) is 0 Å². The topological polar surface area (TPSA) is 71.0 Å². The molecule has 2 heterocycles. The third-order valence-electron chi connectivity index (χ3n) is 7.65. The van der Waals surface area contributed by atoms with E-state index in [9.17, 15) is 9.90 Å². The maximum Gasteiger partial charge on any atom is 0.225 e. The second-order valence-electron chi connectivity index (χ2n) is 9.40. The quantitative estimate of drug-likeness (QED) is 0.834. The van der Waals surface area contributed by atoms with Crippen molar-refractivity contribution in [2.24, 2.45) is 11.3 Å². The van der Waals surface area contributed by atoms with Crippen molar-refractivity contribution >= 4 is 5.91 Å². The minimum atomic E-state index is -0.872. The van der Waals surface area contributed by atoms with Crippen molar-refractivity contribution in [1.29, 1.82) is 0 Å². The minimum absolute atomic E-state index is 0.0869. The van der Waals surface area contributed by atoms with Gasteiger partial charge < -0.3 is 19.5 Å². The molecule has 1 atom stereocenters. The molecule has 4 aliphatic rings. The van der Waals surface area contributed by atoms with E-state index in [0.717, 1.165) is 44.5 Å². The number of methoxy groups -OCH3 is 1. The zero-order chi connectivity index (χ0) is 19.4. The van der Waals surface area contributed by atoms with E-state index < -0.39 is 6.41 Å². The average molecular weight is 386 g/mol. The fourth-order valence-corrected chi connectivity index (χ4v) is 5.84. The summed E-state index contributed by atoms with van der Waals surface area (Å²) >= 11 is 0. The highest BCUT2D eigenvalue weighted by Crippen LogP contribution is 2.57. The van der Waals surface area contributed by atoms with Crippen molar-refractivity contribution in [3.05, 3.63) is 29.8 Å². The van der Waals surface area contributed by atoms with Crippen molar-refractivity contribution in [3.8, 4) is 5.75 Å². The number of carbonyl (C=O) groups is 1. The van der Waals surface area contributed by atoms with Gasteiger partial charge in [0.2, 0.25) is 12.3 Å². The number of ether oxygens (including phenoxy) is 2. The van der Waals surface area contributed by atoms with E-state index in [1.807, 2.05) is 0 Å². The number of benzene rings is 1. The van der Waals surface area contributed by atoms with Crippen molar-refractivity contribution in [2.75, 3.05) is 26.8 Å². The molecule has 1 amide bonds. The van der Waals surface area contributed by atoms with E-state index in [-0.39, 0.29) is 11.5 Å². The van der Waals surface area contributed by atoms with E-state index in [1.54, 1.807) is 7.11 Å². The largest absolute Gasteiger partial charge is 0.497 e. The molecule has 1 aromatic rings. The molecule has 6 nitrogen and oxygen atoms in total. The first-order valence-electron chi connectivity index (χ1n) is 10.5. The molecule has 2 spiro atoms. The van der Waals surface area contributed by atoms with Gasteiger partial charge in [-0.25, -0.2) is 0 Å². The molecule has 152 valence electrons. The van der Waals surface area contributed by atoms with E-state index in [1.165, 1.54) is 18.4 Å². The van der Waals surface area contributed by atoms with E-state index >= 15 is 0 Å². The normalized spacial score (nSPS) is 30.9. The molecule has 4 fully saturated rings. The monoisotopic (exact) mass is 386 g/mol. The van der Waals surface area contributed by atoms with Crippen molar-refractivity contribution in [1.82, 2.24) is 10.2 Å². The van der Waals surface area contributed by atoms with Crippen molar-refractivity contribution in [2.45, 2.75) is 56.4 Å². The molecule has 0 aromatic heterocycles. The second kappa shape index (κ2) is 6.71. The van der Waals surface area contributed by atoms with Crippen LogP contribution in [0, 0.1) is 11.3 Å². The predicted molar refractivity (Wildman–Crippen MR) is 104 cm³/mol. The first-order valence-corrected chi connectivity index (χ1v) is 10.5. The number of hydrogen-bond acceptors (Lipinski definition) is 5. The standard InChI is InChI=1S/C22H30N2O4/c1-27-18-4-2-15(3-5-18)16-10-21(11-16)6-8-24(9-7-21)19(25)17-12-22(13-17)14-28-20(26)23-22/h2-5,16-17,20,23,26H,6-14H2,1H3. The molecular formula is C22H30N2O4. The molecule has 0 bridgehead atoms. The van der Waals surface area contributed by atoms with Crippen LogP contribution in [0.15, 0.2) is 24.3 Å². The Balaban J connectivity index is 1.10. The molecule has 28 heavy (non-hydrogen) atoms. The number of piperidine rings is 1. The Hall–Kier alpha value is -1.63. The van der Waals surface area contributed by atoms with E-state index in [4.69, 9.17) is 9.47 Å².